The molecular weight excluding hydrogens is 312 g/mol. The van der Waals surface area contributed by atoms with E-state index >= 15 is 0 Å². The minimum Gasteiger partial charge on any atom is -0.431 e. The van der Waals surface area contributed by atoms with Crippen molar-refractivity contribution in [2.75, 3.05) is 0 Å². The molecule has 0 bridgehead atoms. The van der Waals surface area contributed by atoms with Crippen LogP contribution in [-0.4, -0.2) is 44.2 Å². The summed E-state index contributed by atoms with van der Waals surface area (Å²) in [5.41, 5.74) is 0. The van der Waals surface area contributed by atoms with Crippen molar-refractivity contribution in [2.24, 2.45) is 0 Å². The van der Waals surface area contributed by atoms with Crippen molar-refractivity contribution in [2.45, 2.75) is 59.3 Å². The third-order valence-electron chi connectivity index (χ3n) is 2.34. The molecule has 0 saturated carbocycles. The monoisotopic (exact) mass is 340 g/mol. The predicted molar refractivity (Wildman–Crippen MR) is 86.1 cm³/mol. The van der Waals surface area contributed by atoms with Gasteiger partial charge in [-0.1, -0.05) is 0 Å². The van der Waals surface area contributed by atoms with Gasteiger partial charge in [-0.15, -0.1) is 0 Å². The Bertz CT molecular complexity index is 335. The van der Waals surface area contributed by atoms with E-state index in [1.165, 1.54) is 0 Å². The van der Waals surface area contributed by atoms with Crippen molar-refractivity contribution in [3.63, 3.8) is 0 Å². The summed E-state index contributed by atoms with van der Waals surface area (Å²) in [4.78, 5) is 21.5. The Morgan fingerprint density at radius 2 is 1.16 bits per heavy atom. The Hall–Kier alpha value is 0.378. The lowest BCUT2D eigenvalue weighted by Crippen LogP contribution is -2.57. The van der Waals surface area contributed by atoms with Crippen molar-refractivity contribution in [1.82, 2.24) is 0 Å². The molecule has 0 aromatic carbocycles. The summed E-state index contributed by atoms with van der Waals surface area (Å²) in [5, 5.41) is 0.105. The summed E-state index contributed by atoms with van der Waals surface area (Å²) in [6.07, 6.45) is 0. The molecule has 0 aromatic rings. The Kier molecular flexibility index (Phi) is 6.13. The Labute approximate surface area is 121 Å². The van der Waals surface area contributed by atoms with Crippen molar-refractivity contribution in [1.29, 1.82) is 0 Å². The van der Waals surface area contributed by atoms with E-state index in [4.69, 9.17) is 12.3 Å². The van der Waals surface area contributed by atoms with Gasteiger partial charge in [-0.25, -0.2) is 0 Å². The molecule has 19 heavy (non-hydrogen) atoms. The lowest BCUT2D eigenvalue weighted by atomic mass is 10.9. The Balaban J connectivity index is 4.82. The van der Waals surface area contributed by atoms with Crippen LogP contribution in [0.3, 0.4) is 0 Å². The van der Waals surface area contributed by atoms with Gasteiger partial charge in [0.15, 0.2) is 0 Å². The highest BCUT2D eigenvalue weighted by atomic mass is 28.5. The molecule has 0 aliphatic carbocycles. The second-order valence-corrected chi connectivity index (χ2v) is 21.3. The van der Waals surface area contributed by atoms with Gasteiger partial charge in [0.25, 0.3) is 0 Å². The highest BCUT2D eigenvalue weighted by Crippen LogP contribution is 2.23. The average Bonchev–Trinajstić information content (AvgIpc) is 1.91. The van der Waals surface area contributed by atoms with Crippen LogP contribution in [0, 0.1) is 0 Å². The van der Waals surface area contributed by atoms with Gasteiger partial charge in [0, 0.05) is 0 Å². The molecule has 0 atom stereocenters. The van der Waals surface area contributed by atoms with Crippen LogP contribution in [0.5, 0.6) is 0 Å². The van der Waals surface area contributed by atoms with Crippen LogP contribution < -0.4 is 0 Å². The fourth-order valence-corrected chi connectivity index (χ4v) is 18.0. The quantitative estimate of drug-likeness (QED) is 0.721. The molecule has 0 aromatic heterocycles. The van der Waals surface area contributed by atoms with Crippen LogP contribution in [0.2, 0.25) is 52.4 Å². The van der Waals surface area contributed by atoms with E-state index < -0.39 is 34.0 Å². The van der Waals surface area contributed by atoms with Gasteiger partial charge >= 0.3 is 25.7 Å². The van der Waals surface area contributed by atoms with Gasteiger partial charge in [0.1, 0.15) is 5.41 Å². The molecular formula is C10H28O5Si4. The second-order valence-electron chi connectivity index (χ2n) is 6.62. The average molecular weight is 341 g/mol. The largest absolute Gasteiger partial charge is 0.431 e. The van der Waals surface area contributed by atoms with Gasteiger partial charge in [0.2, 0.25) is 8.32 Å². The predicted octanol–water partition coefficient (Wildman–Crippen LogP) is 2.47. The normalized spacial score (nSPS) is 14.6. The molecule has 0 saturated heterocycles. The zero-order valence-corrected chi connectivity index (χ0v) is 17.6. The van der Waals surface area contributed by atoms with Crippen LogP contribution >= 0.6 is 0 Å². The molecule has 0 unspecified atom stereocenters. The minimum atomic E-state index is -2.63. The van der Waals surface area contributed by atoms with Gasteiger partial charge in [-0.2, -0.15) is 0 Å². The summed E-state index contributed by atoms with van der Waals surface area (Å²) >= 11 is 0. The minimum absolute atomic E-state index is 0.105. The highest BCUT2D eigenvalue weighted by molar-refractivity contribution is 7.03. The number of carbonyl (C=O) groups excluding carboxylic acids is 1. The molecule has 0 heterocycles. The van der Waals surface area contributed by atoms with E-state index in [0.29, 0.717) is 0 Å². The second kappa shape index (κ2) is 6.01. The molecule has 0 spiro atoms. The van der Waals surface area contributed by atoms with E-state index in [1.807, 2.05) is 39.3 Å². The molecule has 5 nitrogen and oxygen atoms in total. The maximum Gasteiger partial charge on any atom is 0.320 e. The van der Waals surface area contributed by atoms with E-state index in [9.17, 15) is 9.59 Å². The summed E-state index contributed by atoms with van der Waals surface area (Å²) < 4.78 is 17.8. The third-order valence-corrected chi connectivity index (χ3v) is 15.9. The highest BCUT2D eigenvalue weighted by Gasteiger charge is 2.44. The van der Waals surface area contributed by atoms with E-state index in [0.717, 1.165) is 0 Å². The first-order chi connectivity index (χ1) is 8.06. The van der Waals surface area contributed by atoms with Crippen LogP contribution in [0.4, 0.5) is 0 Å². The first-order valence-electron chi connectivity index (χ1n) is 6.40. The zero-order valence-electron chi connectivity index (χ0n) is 13.6. The number of rotatable bonds is 7. The SMILES string of the molecule is CC(=O)[Si](C)(C)O[Si](C)(C)O[Si](C)(C)O[Si](C)(C)O. The van der Waals surface area contributed by atoms with Gasteiger partial charge < -0.3 is 21.9 Å². The van der Waals surface area contributed by atoms with Crippen LogP contribution in [-0.2, 0) is 17.1 Å². The topological polar surface area (TPSA) is 65.0 Å². The molecule has 9 heteroatoms. The zero-order chi connectivity index (χ0) is 15.7. The molecule has 1 N–H and O–H groups in total. The summed E-state index contributed by atoms with van der Waals surface area (Å²) in [6, 6.07) is 0. The summed E-state index contributed by atoms with van der Waals surface area (Å²) in [7, 11) is -9.88. The van der Waals surface area contributed by atoms with E-state index in [2.05, 4.69) is 0 Å². The van der Waals surface area contributed by atoms with Crippen LogP contribution in [0.15, 0.2) is 0 Å². The Morgan fingerprint density at radius 1 is 0.789 bits per heavy atom. The number of hydrogen-bond acceptors (Lipinski definition) is 5. The van der Waals surface area contributed by atoms with Gasteiger partial charge in [-0.05, 0) is 59.3 Å². The first-order valence-corrected chi connectivity index (χ1v) is 17.8. The molecule has 0 aliphatic heterocycles. The molecule has 0 amide bonds. The van der Waals surface area contributed by atoms with Crippen molar-refractivity contribution >= 4 is 39.4 Å². The van der Waals surface area contributed by atoms with Crippen LogP contribution in [0.25, 0.3) is 0 Å². The Morgan fingerprint density at radius 3 is 1.47 bits per heavy atom. The molecule has 0 radical (unpaired) electrons. The molecule has 0 fully saturated rings. The molecule has 0 aliphatic rings. The third kappa shape index (κ3) is 8.29. The lowest BCUT2D eigenvalue weighted by Gasteiger charge is -2.38. The van der Waals surface area contributed by atoms with Crippen molar-refractivity contribution in [3.8, 4) is 0 Å². The maximum atomic E-state index is 11.6. The van der Waals surface area contributed by atoms with Gasteiger partial charge in [-0.3, -0.25) is 0 Å². The first kappa shape index (κ1) is 19.4. The summed E-state index contributed by atoms with van der Waals surface area (Å²) in [5.74, 6) is 0. The number of carbonyl (C=O) groups is 1. The van der Waals surface area contributed by atoms with E-state index in [1.54, 1.807) is 20.0 Å². The van der Waals surface area contributed by atoms with E-state index in [-0.39, 0.29) is 5.41 Å². The summed E-state index contributed by atoms with van der Waals surface area (Å²) in [6.45, 7) is 16.4. The van der Waals surface area contributed by atoms with Crippen molar-refractivity contribution in [3.05, 3.63) is 0 Å². The number of hydrogen-bond donors (Lipinski definition) is 1. The fourth-order valence-electron chi connectivity index (χ4n) is 1.92. The molecule has 0 rings (SSSR count). The van der Waals surface area contributed by atoms with Crippen LogP contribution in [0.1, 0.15) is 6.92 Å². The molecule has 114 valence electrons. The van der Waals surface area contributed by atoms with Gasteiger partial charge in [0.05, 0.1) is 0 Å². The maximum absolute atomic E-state index is 11.6. The fraction of sp³-hybridized carbons (Fsp3) is 0.900. The lowest BCUT2D eigenvalue weighted by molar-refractivity contribution is -0.111. The standard InChI is InChI=1S/C10H28O5Si4/c1-10(11)16(2,3)13-18(6,7)15-19(8,9)14-17(4,5)12/h12H,1-9H3. The smallest absolute Gasteiger partial charge is 0.320 e. The van der Waals surface area contributed by atoms with Crippen molar-refractivity contribution < 1.29 is 21.9 Å².